The molecule has 1 aliphatic heterocycles. The average molecular weight is 386 g/mol. The number of benzene rings is 1. The minimum Gasteiger partial charge on any atom is -0.493 e. The van der Waals surface area contributed by atoms with E-state index in [4.69, 9.17) is 21.1 Å². The lowest BCUT2D eigenvalue weighted by Crippen LogP contribution is -2.40. The lowest BCUT2D eigenvalue weighted by Gasteiger charge is -2.26. The molecule has 0 aliphatic carbocycles. The highest BCUT2D eigenvalue weighted by molar-refractivity contribution is 7.91. The van der Waals surface area contributed by atoms with Gasteiger partial charge in [0, 0.05) is 31.1 Å². The van der Waals surface area contributed by atoms with Crippen LogP contribution in [0.25, 0.3) is 10.9 Å². The van der Waals surface area contributed by atoms with Crippen LogP contribution in [0.4, 0.5) is 0 Å². The van der Waals surface area contributed by atoms with Crippen LogP contribution < -0.4 is 9.47 Å². The van der Waals surface area contributed by atoms with Crippen molar-refractivity contribution in [3.8, 4) is 11.5 Å². The number of rotatable bonds is 6. The molecule has 2 aromatic rings. The molecular formula is C16H20ClN3O4S. The van der Waals surface area contributed by atoms with Gasteiger partial charge in [-0.2, -0.15) is 0 Å². The van der Waals surface area contributed by atoms with Crippen molar-refractivity contribution in [3.63, 3.8) is 0 Å². The molecule has 1 saturated heterocycles. The topological polar surface area (TPSA) is 81.6 Å². The number of nitrogens with zero attached hydrogens (tertiary/aromatic N) is 3. The molecule has 1 aromatic carbocycles. The summed E-state index contributed by atoms with van der Waals surface area (Å²) in [6, 6.07) is 3.55. The van der Waals surface area contributed by atoms with E-state index in [1.54, 1.807) is 19.2 Å². The molecule has 1 aromatic heterocycles. The van der Waals surface area contributed by atoms with Crippen molar-refractivity contribution in [2.24, 2.45) is 0 Å². The van der Waals surface area contributed by atoms with Crippen LogP contribution in [-0.2, 0) is 9.84 Å². The van der Waals surface area contributed by atoms with Gasteiger partial charge in [0.15, 0.2) is 21.3 Å². The molecule has 3 rings (SSSR count). The number of fused-ring (bicyclic) bond motifs is 1. The Balaban J connectivity index is 1.58. The van der Waals surface area contributed by atoms with Crippen LogP contribution in [0.5, 0.6) is 11.5 Å². The maximum atomic E-state index is 11.4. The highest BCUT2D eigenvalue weighted by atomic mass is 35.5. The molecule has 25 heavy (non-hydrogen) atoms. The molecule has 1 aliphatic rings. The van der Waals surface area contributed by atoms with Crippen molar-refractivity contribution in [2.75, 3.05) is 44.9 Å². The molecule has 9 heteroatoms. The quantitative estimate of drug-likeness (QED) is 0.553. The number of hydrogen-bond donors (Lipinski definition) is 0. The van der Waals surface area contributed by atoms with Crippen molar-refractivity contribution in [1.82, 2.24) is 14.9 Å². The number of methoxy groups -OCH3 is 1. The third-order valence-corrected chi connectivity index (χ3v) is 6.10. The van der Waals surface area contributed by atoms with Crippen LogP contribution in [0.1, 0.15) is 6.42 Å². The average Bonchev–Trinajstić information content (AvgIpc) is 2.59. The van der Waals surface area contributed by atoms with E-state index in [0.717, 1.165) is 13.0 Å². The molecular weight excluding hydrogens is 366 g/mol. The summed E-state index contributed by atoms with van der Waals surface area (Å²) in [5.74, 6) is 1.67. The van der Waals surface area contributed by atoms with Crippen molar-refractivity contribution in [3.05, 3.63) is 23.6 Å². The Morgan fingerprint density at radius 2 is 1.96 bits per heavy atom. The molecule has 0 radical (unpaired) electrons. The van der Waals surface area contributed by atoms with Crippen molar-refractivity contribution < 1.29 is 17.9 Å². The molecule has 0 saturated carbocycles. The van der Waals surface area contributed by atoms with Crippen LogP contribution >= 0.6 is 11.6 Å². The maximum Gasteiger partial charge on any atom is 0.163 e. The first kappa shape index (κ1) is 18.2. The molecule has 0 atom stereocenters. The highest BCUT2D eigenvalue weighted by Crippen LogP contribution is 2.33. The number of hydrogen-bond acceptors (Lipinski definition) is 7. The van der Waals surface area contributed by atoms with Gasteiger partial charge in [0.2, 0.25) is 0 Å². The fraction of sp³-hybridized carbons (Fsp3) is 0.500. The van der Waals surface area contributed by atoms with Crippen LogP contribution in [-0.4, -0.2) is 68.1 Å². The number of aromatic nitrogens is 2. The Morgan fingerprint density at radius 3 is 2.68 bits per heavy atom. The van der Waals surface area contributed by atoms with Crippen molar-refractivity contribution in [1.29, 1.82) is 0 Å². The van der Waals surface area contributed by atoms with Crippen LogP contribution in [0, 0.1) is 0 Å². The smallest absolute Gasteiger partial charge is 0.163 e. The van der Waals surface area contributed by atoms with Crippen LogP contribution in [0.3, 0.4) is 0 Å². The van der Waals surface area contributed by atoms with Crippen molar-refractivity contribution in [2.45, 2.75) is 6.42 Å². The molecule has 136 valence electrons. The first-order valence-corrected chi connectivity index (χ1v) is 10.2. The van der Waals surface area contributed by atoms with Crippen LogP contribution in [0.15, 0.2) is 18.5 Å². The summed E-state index contributed by atoms with van der Waals surface area (Å²) in [7, 11) is -1.27. The highest BCUT2D eigenvalue weighted by Gasteiger charge is 2.21. The van der Waals surface area contributed by atoms with Gasteiger partial charge in [-0.1, -0.05) is 11.6 Å². The van der Waals surface area contributed by atoms with Crippen LogP contribution in [0.2, 0.25) is 5.15 Å². The molecule has 0 N–H and O–H groups in total. The van der Waals surface area contributed by atoms with Gasteiger partial charge >= 0.3 is 0 Å². The zero-order valence-corrected chi connectivity index (χ0v) is 15.5. The minimum atomic E-state index is -2.83. The normalized spacial score (nSPS) is 17.5. The van der Waals surface area contributed by atoms with Gasteiger partial charge in [0.25, 0.3) is 0 Å². The van der Waals surface area contributed by atoms with E-state index in [0.29, 0.717) is 47.3 Å². The Hall–Kier alpha value is -1.64. The largest absolute Gasteiger partial charge is 0.493 e. The summed E-state index contributed by atoms with van der Waals surface area (Å²) in [5.41, 5.74) is 0.692. The van der Waals surface area contributed by atoms with E-state index >= 15 is 0 Å². The Morgan fingerprint density at radius 1 is 1.20 bits per heavy atom. The number of halogens is 1. The zero-order chi connectivity index (χ0) is 17.9. The lowest BCUT2D eigenvalue weighted by molar-refractivity contribution is 0.240. The number of ether oxygens (including phenoxy) is 2. The van der Waals surface area contributed by atoms with Gasteiger partial charge in [-0.3, -0.25) is 0 Å². The molecule has 1 fully saturated rings. The van der Waals surface area contributed by atoms with E-state index in [1.165, 1.54) is 6.33 Å². The first-order chi connectivity index (χ1) is 12.0. The predicted octanol–water partition coefficient (Wildman–Crippen LogP) is 1.79. The van der Waals surface area contributed by atoms with Gasteiger partial charge in [-0.05, 0) is 12.5 Å². The summed E-state index contributed by atoms with van der Waals surface area (Å²) in [6.45, 7) is 2.50. The second-order valence-electron chi connectivity index (χ2n) is 5.88. The Kier molecular flexibility index (Phi) is 5.61. The molecule has 0 bridgehead atoms. The van der Waals surface area contributed by atoms with E-state index in [1.807, 2.05) is 0 Å². The summed E-state index contributed by atoms with van der Waals surface area (Å²) in [5, 5.41) is 1.08. The molecule has 0 spiro atoms. The third-order valence-electron chi connectivity index (χ3n) is 4.19. The van der Waals surface area contributed by atoms with E-state index < -0.39 is 9.84 Å². The van der Waals surface area contributed by atoms with Gasteiger partial charge in [0.1, 0.15) is 11.5 Å². The Bertz CT molecular complexity index is 846. The fourth-order valence-corrected chi connectivity index (χ4v) is 4.22. The summed E-state index contributed by atoms with van der Waals surface area (Å²) in [6.07, 6.45) is 2.21. The third kappa shape index (κ3) is 4.50. The van der Waals surface area contributed by atoms with Gasteiger partial charge in [-0.15, -0.1) is 0 Å². The Labute approximate surface area is 151 Å². The second-order valence-corrected chi connectivity index (χ2v) is 8.54. The maximum absolute atomic E-state index is 11.4. The minimum absolute atomic E-state index is 0.243. The van der Waals surface area contributed by atoms with E-state index in [9.17, 15) is 8.42 Å². The monoisotopic (exact) mass is 385 g/mol. The van der Waals surface area contributed by atoms with E-state index in [-0.39, 0.29) is 11.5 Å². The predicted molar refractivity (Wildman–Crippen MR) is 96.3 cm³/mol. The second kappa shape index (κ2) is 7.72. The van der Waals surface area contributed by atoms with Gasteiger partial charge in [-0.25, -0.2) is 18.4 Å². The molecule has 0 unspecified atom stereocenters. The fourth-order valence-electron chi connectivity index (χ4n) is 2.75. The lowest BCUT2D eigenvalue weighted by atomic mass is 10.2. The zero-order valence-electron chi connectivity index (χ0n) is 13.9. The standard InChI is InChI=1S/C16H20ClN3O4S/c1-23-14-9-12-13(18-11-19-16(12)17)10-15(14)24-6-2-3-20-4-7-25(21,22)8-5-20/h9-11H,2-8H2,1H3. The van der Waals surface area contributed by atoms with Gasteiger partial charge < -0.3 is 14.4 Å². The summed E-state index contributed by atoms with van der Waals surface area (Å²) >= 11 is 6.08. The summed E-state index contributed by atoms with van der Waals surface area (Å²) < 4.78 is 34.1. The number of sulfone groups is 1. The van der Waals surface area contributed by atoms with Gasteiger partial charge in [0.05, 0.1) is 30.7 Å². The van der Waals surface area contributed by atoms with Crippen molar-refractivity contribution >= 4 is 32.3 Å². The molecule has 2 heterocycles. The molecule has 0 amide bonds. The molecule has 7 nitrogen and oxygen atoms in total. The SMILES string of the molecule is COc1cc2c(Cl)ncnc2cc1OCCCN1CCS(=O)(=O)CC1. The summed E-state index contributed by atoms with van der Waals surface area (Å²) in [4.78, 5) is 10.3. The van der Waals surface area contributed by atoms with E-state index in [2.05, 4.69) is 14.9 Å². The first-order valence-electron chi connectivity index (χ1n) is 8.02.